The predicted molar refractivity (Wildman–Crippen MR) is 65.5 cm³/mol. The Morgan fingerprint density at radius 1 is 1.60 bits per heavy atom. The van der Waals surface area contributed by atoms with Crippen molar-refractivity contribution in [2.24, 2.45) is 17.6 Å². The van der Waals surface area contributed by atoms with Gasteiger partial charge in [0, 0.05) is 24.9 Å². The number of amides is 1. The van der Waals surface area contributed by atoms with Gasteiger partial charge in [-0.05, 0) is 26.2 Å². The summed E-state index contributed by atoms with van der Waals surface area (Å²) in [6, 6.07) is 0.236. The average Bonchev–Trinajstić information content (AvgIpc) is 2.81. The minimum absolute atomic E-state index is 0.236. The van der Waals surface area contributed by atoms with Gasteiger partial charge in [-0.3, -0.25) is 4.79 Å². The van der Waals surface area contributed by atoms with E-state index in [1.54, 1.807) is 0 Å². The zero-order valence-electron chi connectivity index (χ0n) is 9.69. The van der Waals surface area contributed by atoms with Crippen LogP contribution in [-0.2, 0) is 4.79 Å². The van der Waals surface area contributed by atoms with Crippen molar-refractivity contribution in [3.63, 3.8) is 0 Å². The van der Waals surface area contributed by atoms with E-state index in [1.165, 1.54) is 0 Å². The van der Waals surface area contributed by atoms with Gasteiger partial charge in [0.05, 0.1) is 4.99 Å². The maximum atomic E-state index is 12.0. The molecule has 2 unspecified atom stereocenters. The zero-order chi connectivity index (χ0) is 11.6. The molecule has 0 bridgehead atoms. The largest absolute Gasteiger partial charge is 0.393 e. The van der Waals surface area contributed by atoms with E-state index in [0.29, 0.717) is 23.9 Å². The highest BCUT2D eigenvalue weighted by molar-refractivity contribution is 7.80. The van der Waals surface area contributed by atoms with Crippen molar-refractivity contribution in [3.8, 4) is 0 Å². The summed E-state index contributed by atoms with van der Waals surface area (Å²) in [5.74, 6) is 1.08. The van der Waals surface area contributed by atoms with Gasteiger partial charge < -0.3 is 10.6 Å². The number of rotatable bonds is 5. The summed E-state index contributed by atoms with van der Waals surface area (Å²) in [4.78, 5) is 14.4. The van der Waals surface area contributed by atoms with Crippen molar-refractivity contribution in [2.45, 2.75) is 39.7 Å². The van der Waals surface area contributed by atoms with E-state index in [0.717, 1.165) is 6.42 Å². The monoisotopic (exact) mass is 228 g/mol. The summed E-state index contributed by atoms with van der Waals surface area (Å²) in [6.07, 6.45) is 1.66. The lowest BCUT2D eigenvalue weighted by Crippen LogP contribution is -2.40. The zero-order valence-corrected chi connectivity index (χ0v) is 10.5. The fraction of sp³-hybridized carbons (Fsp3) is 0.818. The molecule has 0 aromatic heterocycles. The van der Waals surface area contributed by atoms with E-state index in [-0.39, 0.29) is 17.9 Å². The Hall–Kier alpha value is -0.640. The molecule has 0 aromatic rings. The van der Waals surface area contributed by atoms with Gasteiger partial charge >= 0.3 is 0 Å². The van der Waals surface area contributed by atoms with Crippen molar-refractivity contribution >= 4 is 23.1 Å². The molecular formula is C11H20N2OS. The third-order valence-corrected chi connectivity index (χ3v) is 3.14. The van der Waals surface area contributed by atoms with Crippen LogP contribution in [0.2, 0.25) is 0 Å². The standard InChI is InChI=1S/C11H20N2OS/c1-7(2)13(5-4-10(12)15)11(14)9-6-8(9)3/h7-9H,4-6H2,1-3H3,(H2,12,15). The summed E-state index contributed by atoms with van der Waals surface area (Å²) >= 11 is 4.83. The maximum Gasteiger partial charge on any atom is 0.226 e. The number of nitrogens with zero attached hydrogens (tertiary/aromatic N) is 1. The van der Waals surface area contributed by atoms with Crippen LogP contribution in [0.5, 0.6) is 0 Å². The fourth-order valence-electron chi connectivity index (χ4n) is 1.73. The first-order chi connectivity index (χ1) is 6.93. The van der Waals surface area contributed by atoms with Crippen LogP contribution in [0.3, 0.4) is 0 Å². The molecule has 3 nitrogen and oxygen atoms in total. The van der Waals surface area contributed by atoms with Gasteiger partial charge in [-0.15, -0.1) is 0 Å². The Labute approximate surface area is 97.0 Å². The number of thiocarbonyl (C=S) groups is 1. The summed E-state index contributed by atoms with van der Waals surface area (Å²) in [6.45, 7) is 6.85. The van der Waals surface area contributed by atoms with Gasteiger partial charge in [0.25, 0.3) is 0 Å². The molecule has 4 heteroatoms. The normalized spacial score (nSPS) is 24.0. The molecule has 1 amide bonds. The van der Waals surface area contributed by atoms with E-state index in [4.69, 9.17) is 18.0 Å². The summed E-state index contributed by atoms with van der Waals surface area (Å²) in [7, 11) is 0. The molecule has 86 valence electrons. The van der Waals surface area contributed by atoms with E-state index >= 15 is 0 Å². The van der Waals surface area contributed by atoms with Gasteiger partial charge in [-0.1, -0.05) is 19.1 Å². The van der Waals surface area contributed by atoms with E-state index < -0.39 is 0 Å². The van der Waals surface area contributed by atoms with Crippen molar-refractivity contribution in [1.82, 2.24) is 4.90 Å². The van der Waals surface area contributed by atoms with Crippen molar-refractivity contribution in [1.29, 1.82) is 0 Å². The Morgan fingerprint density at radius 3 is 2.47 bits per heavy atom. The SMILES string of the molecule is CC1CC1C(=O)N(CCC(N)=S)C(C)C. The Morgan fingerprint density at radius 2 is 2.13 bits per heavy atom. The second-order valence-corrected chi connectivity index (χ2v) is 5.19. The van der Waals surface area contributed by atoms with Gasteiger partial charge in [-0.2, -0.15) is 0 Å². The molecule has 1 saturated carbocycles. The fourth-order valence-corrected chi connectivity index (χ4v) is 1.82. The molecule has 1 aliphatic rings. The van der Waals surface area contributed by atoms with Gasteiger partial charge in [-0.25, -0.2) is 0 Å². The Bertz CT molecular complexity index is 265. The van der Waals surface area contributed by atoms with Gasteiger partial charge in [0.1, 0.15) is 0 Å². The molecule has 0 heterocycles. The van der Waals surface area contributed by atoms with Crippen LogP contribution in [0.4, 0.5) is 0 Å². The molecule has 0 radical (unpaired) electrons. The molecular weight excluding hydrogens is 208 g/mol. The lowest BCUT2D eigenvalue weighted by molar-refractivity contribution is -0.134. The predicted octanol–water partition coefficient (Wildman–Crippen LogP) is 1.56. The third kappa shape index (κ3) is 3.45. The topological polar surface area (TPSA) is 46.3 Å². The number of hydrogen-bond donors (Lipinski definition) is 1. The van der Waals surface area contributed by atoms with Crippen LogP contribution in [-0.4, -0.2) is 28.4 Å². The summed E-state index contributed by atoms with van der Waals surface area (Å²) < 4.78 is 0. The van der Waals surface area contributed by atoms with Crippen LogP contribution in [0.15, 0.2) is 0 Å². The highest BCUT2D eigenvalue weighted by Crippen LogP contribution is 2.39. The maximum absolute atomic E-state index is 12.0. The summed E-state index contributed by atoms with van der Waals surface area (Å²) in [5, 5.41) is 0. The number of carbonyl (C=O) groups excluding carboxylic acids is 1. The highest BCUT2D eigenvalue weighted by atomic mass is 32.1. The van der Waals surface area contributed by atoms with Crippen molar-refractivity contribution in [3.05, 3.63) is 0 Å². The Balaban J connectivity index is 2.49. The molecule has 2 atom stereocenters. The molecule has 0 aliphatic heterocycles. The average molecular weight is 228 g/mol. The molecule has 1 rings (SSSR count). The minimum atomic E-state index is 0.236. The van der Waals surface area contributed by atoms with Crippen LogP contribution in [0.25, 0.3) is 0 Å². The van der Waals surface area contributed by atoms with Crippen molar-refractivity contribution in [2.75, 3.05) is 6.54 Å². The quantitative estimate of drug-likeness (QED) is 0.726. The first kappa shape index (κ1) is 12.4. The third-order valence-electron chi connectivity index (χ3n) is 2.93. The van der Waals surface area contributed by atoms with Gasteiger partial charge in [0.15, 0.2) is 0 Å². The smallest absolute Gasteiger partial charge is 0.226 e. The van der Waals surface area contributed by atoms with E-state index in [1.807, 2.05) is 18.7 Å². The van der Waals surface area contributed by atoms with Crippen molar-refractivity contribution < 1.29 is 4.79 Å². The van der Waals surface area contributed by atoms with E-state index in [9.17, 15) is 4.79 Å². The Kier molecular flexibility index (Phi) is 4.08. The minimum Gasteiger partial charge on any atom is -0.393 e. The molecule has 1 fully saturated rings. The summed E-state index contributed by atoms with van der Waals surface area (Å²) in [5.41, 5.74) is 5.45. The van der Waals surface area contributed by atoms with E-state index in [2.05, 4.69) is 6.92 Å². The molecule has 0 aromatic carbocycles. The highest BCUT2D eigenvalue weighted by Gasteiger charge is 2.41. The molecule has 1 aliphatic carbocycles. The molecule has 15 heavy (non-hydrogen) atoms. The van der Waals surface area contributed by atoms with Gasteiger partial charge in [0.2, 0.25) is 5.91 Å². The first-order valence-electron chi connectivity index (χ1n) is 5.52. The first-order valence-corrected chi connectivity index (χ1v) is 5.93. The molecule has 0 saturated heterocycles. The lowest BCUT2D eigenvalue weighted by atomic mass is 10.2. The van der Waals surface area contributed by atoms with Crippen LogP contribution < -0.4 is 5.73 Å². The second kappa shape index (κ2) is 4.92. The molecule has 2 N–H and O–H groups in total. The van der Waals surface area contributed by atoms with Crippen LogP contribution in [0.1, 0.15) is 33.6 Å². The van der Waals surface area contributed by atoms with Crippen LogP contribution in [0, 0.1) is 11.8 Å². The number of carbonyl (C=O) groups is 1. The lowest BCUT2D eigenvalue weighted by Gasteiger charge is -2.26. The number of hydrogen-bond acceptors (Lipinski definition) is 2. The second-order valence-electron chi connectivity index (χ2n) is 4.66. The van der Waals surface area contributed by atoms with Crippen LogP contribution >= 0.6 is 12.2 Å². The number of nitrogens with two attached hydrogens (primary N) is 1. The molecule has 0 spiro atoms.